The standard InChI is InChI=1S/C20H18O6S/c1-20-6-2-3-11-10-25-18(19(11)20)8-12-7-13-14(9-15(12)20)17(5-4-16(13)21)26-27(22,23)24/h4-5,7,9-10,21H,2-3,6,8H2,1H3,(H,22,23,24)/t20-/m0/s1. The van der Waals surface area contributed by atoms with Crippen LogP contribution in [-0.4, -0.2) is 18.1 Å². The molecule has 1 atom stereocenters. The molecule has 7 heteroatoms. The second-order valence-electron chi connectivity index (χ2n) is 7.57. The van der Waals surface area contributed by atoms with Gasteiger partial charge in [0.2, 0.25) is 0 Å². The van der Waals surface area contributed by atoms with Gasteiger partial charge in [0.25, 0.3) is 0 Å². The largest absolute Gasteiger partial charge is 0.507 e. The van der Waals surface area contributed by atoms with E-state index >= 15 is 0 Å². The van der Waals surface area contributed by atoms with Crippen molar-refractivity contribution < 1.29 is 26.7 Å². The molecule has 140 valence electrons. The molecule has 1 aromatic heterocycles. The van der Waals surface area contributed by atoms with Crippen molar-refractivity contribution in [2.75, 3.05) is 0 Å². The molecule has 6 nitrogen and oxygen atoms in total. The first-order valence-corrected chi connectivity index (χ1v) is 10.2. The normalized spacial score (nSPS) is 21.0. The highest BCUT2D eigenvalue weighted by atomic mass is 32.3. The number of hydrogen-bond acceptors (Lipinski definition) is 5. The molecular weight excluding hydrogens is 368 g/mol. The lowest BCUT2D eigenvalue weighted by Gasteiger charge is -2.39. The minimum absolute atomic E-state index is 0.00859. The first kappa shape index (κ1) is 16.6. The lowest BCUT2D eigenvalue weighted by Crippen LogP contribution is -2.33. The highest BCUT2D eigenvalue weighted by Gasteiger charge is 2.42. The molecule has 0 aliphatic heterocycles. The van der Waals surface area contributed by atoms with Gasteiger partial charge in [-0.25, -0.2) is 0 Å². The zero-order chi connectivity index (χ0) is 19.0. The van der Waals surface area contributed by atoms with E-state index in [1.54, 1.807) is 0 Å². The third-order valence-electron chi connectivity index (χ3n) is 5.94. The number of phenolic OH excluding ortho intramolecular Hbond substituents is 1. The van der Waals surface area contributed by atoms with Crippen molar-refractivity contribution in [1.29, 1.82) is 0 Å². The third kappa shape index (κ3) is 2.38. The number of rotatable bonds is 2. The van der Waals surface area contributed by atoms with E-state index in [0.29, 0.717) is 17.2 Å². The second kappa shape index (κ2) is 5.27. The third-order valence-corrected chi connectivity index (χ3v) is 6.33. The topological polar surface area (TPSA) is 97.0 Å². The van der Waals surface area contributed by atoms with E-state index in [4.69, 9.17) is 13.2 Å². The van der Waals surface area contributed by atoms with Gasteiger partial charge in [0.05, 0.1) is 6.26 Å². The fourth-order valence-electron chi connectivity index (χ4n) is 4.86. The van der Waals surface area contributed by atoms with E-state index in [2.05, 4.69) is 6.92 Å². The summed E-state index contributed by atoms with van der Waals surface area (Å²) in [5.41, 5.74) is 4.35. The molecule has 0 unspecified atom stereocenters. The minimum Gasteiger partial charge on any atom is -0.507 e. The van der Waals surface area contributed by atoms with Crippen LogP contribution >= 0.6 is 0 Å². The van der Waals surface area contributed by atoms with E-state index < -0.39 is 10.4 Å². The Hall–Kier alpha value is -2.51. The van der Waals surface area contributed by atoms with Crippen LogP contribution in [0.2, 0.25) is 0 Å². The Balaban J connectivity index is 1.80. The van der Waals surface area contributed by atoms with Crippen LogP contribution in [0, 0.1) is 0 Å². The number of fused-ring (bicyclic) bond motifs is 3. The molecule has 3 aromatic rings. The monoisotopic (exact) mass is 386 g/mol. The van der Waals surface area contributed by atoms with Crippen molar-refractivity contribution in [2.45, 2.75) is 38.0 Å². The molecule has 0 saturated carbocycles. The van der Waals surface area contributed by atoms with Gasteiger partial charge in [-0.05, 0) is 60.2 Å². The number of hydrogen-bond donors (Lipinski definition) is 2. The average molecular weight is 386 g/mol. The molecule has 0 bridgehead atoms. The summed E-state index contributed by atoms with van der Waals surface area (Å²) in [4.78, 5) is 0. The van der Waals surface area contributed by atoms with Gasteiger partial charge in [-0.15, -0.1) is 0 Å². The molecule has 0 saturated heterocycles. The molecule has 27 heavy (non-hydrogen) atoms. The summed E-state index contributed by atoms with van der Waals surface area (Å²) in [5.74, 6) is 0.977. The predicted molar refractivity (Wildman–Crippen MR) is 98.7 cm³/mol. The fraction of sp³-hybridized carbons (Fsp3) is 0.300. The van der Waals surface area contributed by atoms with Crippen molar-refractivity contribution in [1.82, 2.24) is 0 Å². The molecule has 0 amide bonds. The molecule has 0 spiro atoms. The molecule has 2 aliphatic rings. The Morgan fingerprint density at radius 2 is 2.00 bits per heavy atom. The van der Waals surface area contributed by atoms with Gasteiger partial charge < -0.3 is 13.7 Å². The van der Waals surface area contributed by atoms with Crippen LogP contribution in [-0.2, 0) is 28.7 Å². The Morgan fingerprint density at radius 1 is 1.19 bits per heavy atom. The van der Waals surface area contributed by atoms with Crippen LogP contribution < -0.4 is 4.18 Å². The molecular formula is C20H18O6S. The predicted octanol–water partition coefficient (Wildman–Crippen LogP) is 3.87. The molecule has 5 rings (SSSR count). The smallest absolute Gasteiger partial charge is 0.446 e. The summed E-state index contributed by atoms with van der Waals surface area (Å²) in [6.07, 6.45) is 5.46. The van der Waals surface area contributed by atoms with Gasteiger partial charge >= 0.3 is 10.4 Å². The number of benzene rings is 2. The van der Waals surface area contributed by atoms with Gasteiger partial charge in [0.1, 0.15) is 11.5 Å². The Morgan fingerprint density at radius 3 is 2.78 bits per heavy atom. The molecule has 2 aliphatic carbocycles. The number of phenols is 1. The lowest BCUT2D eigenvalue weighted by atomic mass is 9.63. The van der Waals surface area contributed by atoms with E-state index in [-0.39, 0.29) is 16.9 Å². The summed E-state index contributed by atoms with van der Waals surface area (Å²) < 4.78 is 42.2. The van der Waals surface area contributed by atoms with Crippen LogP contribution in [0.15, 0.2) is 34.9 Å². The highest BCUT2D eigenvalue weighted by Crippen LogP contribution is 2.51. The van der Waals surface area contributed by atoms with Gasteiger partial charge in [-0.1, -0.05) is 6.92 Å². The second-order valence-corrected chi connectivity index (χ2v) is 8.59. The maximum absolute atomic E-state index is 11.2. The van der Waals surface area contributed by atoms with Crippen LogP contribution in [0.1, 0.15) is 47.8 Å². The van der Waals surface area contributed by atoms with Gasteiger partial charge in [-0.3, -0.25) is 4.55 Å². The summed E-state index contributed by atoms with van der Waals surface area (Å²) in [6, 6.07) is 6.45. The maximum Gasteiger partial charge on any atom is 0.446 e. The fourth-order valence-corrected chi connectivity index (χ4v) is 5.23. The first-order chi connectivity index (χ1) is 12.8. The number of aromatic hydroxyl groups is 1. The van der Waals surface area contributed by atoms with Gasteiger partial charge in [-0.2, -0.15) is 8.42 Å². The van der Waals surface area contributed by atoms with Crippen molar-refractivity contribution in [3.05, 3.63) is 58.5 Å². The summed E-state index contributed by atoms with van der Waals surface area (Å²) in [7, 11) is -4.67. The highest BCUT2D eigenvalue weighted by molar-refractivity contribution is 7.81. The quantitative estimate of drug-likeness (QED) is 0.649. The van der Waals surface area contributed by atoms with Crippen molar-refractivity contribution in [2.24, 2.45) is 0 Å². The van der Waals surface area contributed by atoms with Gasteiger partial charge in [0, 0.05) is 28.2 Å². The first-order valence-electron chi connectivity index (χ1n) is 8.82. The summed E-state index contributed by atoms with van der Waals surface area (Å²) >= 11 is 0. The Kier molecular flexibility index (Phi) is 3.25. The molecule has 0 radical (unpaired) electrons. The average Bonchev–Trinajstić information content (AvgIpc) is 3.01. The maximum atomic E-state index is 11.2. The van der Waals surface area contributed by atoms with Gasteiger partial charge in [0.15, 0.2) is 5.75 Å². The van der Waals surface area contributed by atoms with Crippen LogP contribution in [0.5, 0.6) is 11.5 Å². The molecule has 2 aromatic carbocycles. The number of furan rings is 1. The Bertz CT molecular complexity index is 1210. The van der Waals surface area contributed by atoms with E-state index in [1.165, 1.54) is 23.3 Å². The molecule has 0 fully saturated rings. The van der Waals surface area contributed by atoms with Crippen LogP contribution in [0.3, 0.4) is 0 Å². The van der Waals surface area contributed by atoms with E-state index in [0.717, 1.165) is 36.1 Å². The van der Waals surface area contributed by atoms with Crippen molar-refractivity contribution in [3.8, 4) is 11.5 Å². The summed E-state index contributed by atoms with van der Waals surface area (Å²) in [6.45, 7) is 2.18. The lowest BCUT2D eigenvalue weighted by molar-refractivity contribution is 0.388. The minimum atomic E-state index is -4.67. The van der Waals surface area contributed by atoms with E-state index in [9.17, 15) is 13.5 Å². The number of aryl methyl sites for hydroxylation is 1. The molecule has 1 heterocycles. The zero-order valence-electron chi connectivity index (χ0n) is 14.7. The van der Waals surface area contributed by atoms with Crippen molar-refractivity contribution >= 4 is 21.2 Å². The SMILES string of the molecule is C[C@@]12CCCc3coc(c31)Cc1cc3c(O)ccc(OS(=O)(=O)O)c3cc12. The van der Waals surface area contributed by atoms with Crippen LogP contribution in [0.25, 0.3) is 10.8 Å². The van der Waals surface area contributed by atoms with Crippen molar-refractivity contribution in [3.63, 3.8) is 0 Å². The molecule has 2 N–H and O–H groups in total. The Labute approximate surface area is 156 Å². The summed E-state index contributed by atoms with van der Waals surface area (Å²) in [5, 5.41) is 11.2. The zero-order valence-corrected chi connectivity index (χ0v) is 15.5. The van der Waals surface area contributed by atoms with Crippen LogP contribution in [0.4, 0.5) is 0 Å². The van der Waals surface area contributed by atoms with E-state index in [1.807, 2.05) is 18.4 Å².